The van der Waals surface area contributed by atoms with Crippen molar-refractivity contribution in [2.75, 3.05) is 44.7 Å². The number of anilines is 1. The fraction of sp³-hybridized carbons (Fsp3) is 0.577. The van der Waals surface area contributed by atoms with E-state index in [1.807, 2.05) is 31.5 Å². The molecule has 2 saturated heterocycles. The third-order valence-corrected chi connectivity index (χ3v) is 7.45. The normalized spacial score (nSPS) is 24.6. The molecule has 2 fully saturated rings. The second kappa shape index (κ2) is 11.0. The van der Waals surface area contributed by atoms with Crippen LogP contribution in [0.2, 0.25) is 5.02 Å². The van der Waals surface area contributed by atoms with Gasteiger partial charge in [0.15, 0.2) is 0 Å². The zero-order valence-corrected chi connectivity index (χ0v) is 20.4. The van der Waals surface area contributed by atoms with Crippen LogP contribution in [0, 0.1) is 0 Å². The Morgan fingerprint density at radius 1 is 1.09 bits per heavy atom. The summed E-state index contributed by atoms with van der Waals surface area (Å²) in [6, 6.07) is 16.3. The first kappa shape index (κ1) is 23.5. The van der Waals surface area contributed by atoms with Crippen molar-refractivity contribution in [2.24, 2.45) is 0 Å². The van der Waals surface area contributed by atoms with E-state index < -0.39 is 0 Å². The van der Waals surface area contributed by atoms with Crippen LogP contribution in [-0.2, 0) is 11.2 Å². The highest BCUT2D eigenvalue weighted by Gasteiger charge is 2.37. The standard InChI is InChI=1S/C26H37ClN4O/c1-20-17-31(24-11-14-29(15-12-24)26-6-4-5-13-28-26)25(19-30(20)18-21(2)32-3)16-22-7-9-23(27)10-8-22/h4-10,13,20-21,24-25H,11-12,14-19H2,1-3H3/t20-,21?,25-/m0/s1. The first-order valence-electron chi connectivity index (χ1n) is 12.0. The Kier molecular flexibility index (Phi) is 8.06. The summed E-state index contributed by atoms with van der Waals surface area (Å²) in [4.78, 5) is 12.4. The van der Waals surface area contributed by atoms with E-state index in [0.29, 0.717) is 18.1 Å². The quantitative estimate of drug-likeness (QED) is 0.618. The lowest BCUT2D eigenvalue weighted by Gasteiger charge is -2.50. The first-order chi connectivity index (χ1) is 15.5. The summed E-state index contributed by atoms with van der Waals surface area (Å²) in [5.41, 5.74) is 1.37. The Morgan fingerprint density at radius 3 is 2.50 bits per heavy atom. The molecule has 0 N–H and O–H groups in total. The Morgan fingerprint density at radius 2 is 1.84 bits per heavy atom. The lowest BCUT2D eigenvalue weighted by atomic mass is 9.94. The number of hydrogen-bond acceptors (Lipinski definition) is 5. The minimum absolute atomic E-state index is 0.252. The number of methoxy groups -OCH3 is 1. The monoisotopic (exact) mass is 456 g/mol. The largest absolute Gasteiger partial charge is 0.380 e. The molecule has 0 saturated carbocycles. The van der Waals surface area contributed by atoms with E-state index in [1.54, 1.807) is 0 Å². The van der Waals surface area contributed by atoms with Gasteiger partial charge in [-0.05, 0) is 62.9 Å². The van der Waals surface area contributed by atoms with Gasteiger partial charge in [-0.15, -0.1) is 0 Å². The van der Waals surface area contributed by atoms with Gasteiger partial charge < -0.3 is 9.64 Å². The van der Waals surface area contributed by atoms with Crippen molar-refractivity contribution < 1.29 is 4.74 Å². The molecule has 5 nitrogen and oxygen atoms in total. The van der Waals surface area contributed by atoms with Crippen molar-refractivity contribution in [3.63, 3.8) is 0 Å². The smallest absolute Gasteiger partial charge is 0.128 e. The number of ether oxygens (including phenoxy) is 1. The lowest BCUT2D eigenvalue weighted by Crippen LogP contribution is -2.62. The fourth-order valence-electron chi connectivity index (χ4n) is 5.27. The summed E-state index contributed by atoms with van der Waals surface area (Å²) in [5, 5.41) is 0.806. The van der Waals surface area contributed by atoms with Crippen LogP contribution in [0.25, 0.3) is 0 Å². The minimum Gasteiger partial charge on any atom is -0.380 e. The van der Waals surface area contributed by atoms with Crippen LogP contribution in [0.15, 0.2) is 48.7 Å². The zero-order chi connectivity index (χ0) is 22.5. The van der Waals surface area contributed by atoms with Crippen molar-refractivity contribution in [3.8, 4) is 0 Å². The lowest BCUT2D eigenvalue weighted by molar-refractivity contribution is -0.0219. The average Bonchev–Trinajstić information content (AvgIpc) is 2.83. The molecule has 174 valence electrons. The van der Waals surface area contributed by atoms with Gasteiger partial charge in [-0.3, -0.25) is 9.80 Å². The van der Waals surface area contributed by atoms with Crippen LogP contribution in [0.5, 0.6) is 0 Å². The van der Waals surface area contributed by atoms with Gasteiger partial charge >= 0.3 is 0 Å². The Labute approximate surface area is 198 Å². The predicted octanol–water partition coefficient (Wildman–Crippen LogP) is 4.36. The number of aromatic nitrogens is 1. The van der Waals surface area contributed by atoms with Crippen LogP contribution < -0.4 is 4.90 Å². The van der Waals surface area contributed by atoms with Gasteiger partial charge in [0.05, 0.1) is 6.10 Å². The van der Waals surface area contributed by atoms with Gasteiger partial charge in [-0.2, -0.15) is 0 Å². The molecule has 1 aromatic heterocycles. The molecule has 0 spiro atoms. The molecular formula is C26H37ClN4O. The van der Waals surface area contributed by atoms with Gasteiger partial charge in [-0.25, -0.2) is 4.98 Å². The minimum atomic E-state index is 0.252. The number of hydrogen-bond donors (Lipinski definition) is 0. The Bertz CT molecular complexity index is 825. The third-order valence-electron chi connectivity index (χ3n) is 7.20. The third kappa shape index (κ3) is 5.82. The summed E-state index contributed by atoms with van der Waals surface area (Å²) >= 11 is 6.14. The molecule has 3 heterocycles. The van der Waals surface area contributed by atoms with E-state index in [1.165, 1.54) is 18.4 Å². The molecular weight excluding hydrogens is 420 g/mol. The number of nitrogens with zero attached hydrogens (tertiary/aromatic N) is 4. The Balaban J connectivity index is 1.46. The van der Waals surface area contributed by atoms with Crippen LogP contribution in [-0.4, -0.2) is 78.8 Å². The van der Waals surface area contributed by atoms with Crippen LogP contribution >= 0.6 is 11.6 Å². The number of piperazine rings is 1. The van der Waals surface area contributed by atoms with E-state index in [0.717, 1.165) is 50.0 Å². The molecule has 0 aliphatic carbocycles. The van der Waals surface area contributed by atoms with Gasteiger partial charge in [0.25, 0.3) is 0 Å². The highest BCUT2D eigenvalue weighted by Crippen LogP contribution is 2.28. The van der Waals surface area contributed by atoms with E-state index in [9.17, 15) is 0 Å². The number of pyridine rings is 1. The van der Waals surface area contributed by atoms with Crippen LogP contribution in [0.3, 0.4) is 0 Å². The predicted molar refractivity (Wildman–Crippen MR) is 133 cm³/mol. The highest BCUT2D eigenvalue weighted by atomic mass is 35.5. The molecule has 2 aliphatic heterocycles. The molecule has 0 bridgehead atoms. The molecule has 0 amide bonds. The molecule has 2 aliphatic rings. The summed E-state index contributed by atoms with van der Waals surface area (Å²) in [6.45, 7) is 9.87. The van der Waals surface area contributed by atoms with Crippen LogP contribution in [0.1, 0.15) is 32.3 Å². The van der Waals surface area contributed by atoms with Crippen molar-refractivity contribution in [3.05, 3.63) is 59.2 Å². The highest BCUT2D eigenvalue weighted by molar-refractivity contribution is 6.30. The topological polar surface area (TPSA) is 31.8 Å². The van der Waals surface area contributed by atoms with Crippen molar-refractivity contribution in [1.29, 1.82) is 0 Å². The van der Waals surface area contributed by atoms with Gasteiger partial charge in [0.1, 0.15) is 5.82 Å². The Hall–Kier alpha value is -1.66. The molecule has 2 aromatic rings. The maximum Gasteiger partial charge on any atom is 0.128 e. The van der Waals surface area contributed by atoms with Gasteiger partial charge in [0, 0.05) is 69.2 Å². The van der Waals surface area contributed by atoms with E-state index in [4.69, 9.17) is 16.3 Å². The molecule has 1 unspecified atom stereocenters. The zero-order valence-electron chi connectivity index (χ0n) is 19.7. The molecule has 1 aromatic carbocycles. The number of rotatable bonds is 7. The SMILES string of the molecule is COC(C)CN1C[C@H](Cc2ccc(Cl)cc2)N(C2CCN(c3ccccn3)CC2)C[C@@H]1C. The average molecular weight is 457 g/mol. The number of benzene rings is 1. The summed E-state index contributed by atoms with van der Waals surface area (Å²) in [6.07, 6.45) is 5.58. The van der Waals surface area contributed by atoms with Crippen molar-refractivity contribution >= 4 is 17.4 Å². The first-order valence-corrected chi connectivity index (χ1v) is 12.3. The van der Waals surface area contributed by atoms with Crippen molar-refractivity contribution in [2.45, 2.75) is 57.3 Å². The maximum absolute atomic E-state index is 6.14. The fourth-order valence-corrected chi connectivity index (χ4v) is 5.40. The summed E-state index contributed by atoms with van der Waals surface area (Å²) in [5.74, 6) is 1.11. The number of halogens is 1. The summed E-state index contributed by atoms with van der Waals surface area (Å²) in [7, 11) is 1.81. The summed E-state index contributed by atoms with van der Waals surface area (Å²) < 4.78 is 5.58. The molecule has 32 heavy (non-hydrogen) atoms. The number of piperidine rings is 1. The second-order valence-electron chi connectivity index (χ2n) is 9.44. The van der Waals surface area contributed by atoms with Gasteiger partial charge in [0.2, 0.25) is 0 Å². The molecule has 3 atom stereocenters. The maximum atomic E-state index is 6.14. The second-order valence-corrected chi connectivity index (χ2v) is 9.87. The molecule has 6 heteroatoms. The molecule has 4 rings (SSSR count). The van der Waals surface area contributed by atoms with Crippen LogP contribution in [0.4, 0.5) is 5.82 Å². The van der Waals surface area contributed by atoms with Gasteiger partial charge in [-0.1, -0.05) is 29.8 Å². The van der Waals surface area contributed by atoms with E-state index in [2.05, 4.69) is 57.8 Å². The van der Waals surface area contributed by atoms with Crippen molar-refractivity contribution in [1.82, 2.24) is 14.8 Å². The van der Waals surface area contributed by atoms with E-state index in [-0.39, 0.29) is 6.10 Å². The molecule has 0 radical (unpaired) electrons. The van der Waals surface area contributed by atoms with E-state index >= 15 is 0 Å².